The van der Waals surface area contributed by atoms with Crippen molar-refractivity contribution in [3.63, 3.8) is 0 Å². The molecule has 1 fully saturated rings. The van der Waals surface area contributed by atoms with E-state index in [4.69, 9.17) is 28.9 Å². The average Bonchev–Trinajstić information content (AvgIpc) is 2.43. The highest BCUT2D eigenvalue weighted by Gasteiger charge is 2.25. The van der Waals surface area contributed by atoms with Gasteiger partial charge in [0, 0.05) is 24.2 Å². The number of amides is 2. The zero-order valence-electron chi connectivity index (χ0n) is 11.4. The van der Waals surface area contributed by atoms with Crippen molar-refractivity contribution < 1.29 is 4.79 Å². The highest BCUT2D eigenvalue weighted by Crippen LogP contribution is 2.26. The van der Waals surface area contributed by atoms with Gasteiger partial charge in [0.1, 0.15) is 0 Å². The Morgan fingerprint density at radius 3 is 2.65 bits per heavy atom. The highest BCUT2D eigenvalue weighted by molar-refractivity contribution is 6.35. The van der Waals surface area contributed by atoms with E-state index in [-0.39, 0.29) is 12.1 Å². The molecule has 0 radical (unpaired) electrons. The van der Waals surface area contributed by atoms with Gasteiger partial charge >= 0.3 is 6.03 Å². The smallest absolute Gasteiger partial charge is 0.321 e. The molecule has 20 heavy (non-hydrogen) atoms. The van der Waals surface area contributed by atoms with Gasteiger partial charge in [-0.1, -0.05) is 23.2 Å². The van der Waals surface area contributed by atoms with Gasteiger partial charge in [0.15, 0.2) is 0 Å². The molecule has 0 aromatic heterocycles. The minimum atomic E-state index is -0.141. The molecule has 1 aliphatic rings. The van der Waals surface area contributed by atoms with Crippen LogP contribution in [0.2, 0.25) is 10.0 Å². The lowest BCUT2D eigenvalue weighted by Gasteiger charge is -2.33. The zero-order chi connectivity index (χ0) is 14.7. The summed E-state index contributed by atoms with van der Waals surface area (Å²) in [5.74, 6) is 0.494. The van der Waals surface area contributed by atoms with Crippen LogP contribution in [0.1, 0.15) is 19.8 Å². The maximum atomic E-state index is 12.2. The van der Waals surface area contributed by atoms with Crippen molar-refractivity contribution in [2.24, 2.45) is 11.7 Å². The summed E-state index contributed by atoms with van der Waals surface area (Å²) >= 11 is 11.9. The van der Waals surface area contributed by atoms with Gasteiger partial charge in [-0.2, -0.15) is 0 Å². The van der Waals surface area contributed by atoms with Crippen LogP contribution in [-0.2, 0) is 0 Å². The van der Waals surface area contributed by atoms with Crippen LogP contribution >= 0.6 is 23.2 Å². The molecule has 1 aromatic rings. The van der Waals surface area contributed by atoms with Gasteiger partial charge in [0.25, 0.3) is 0 Å². The number of carbonyl (C=O) groups excluding carboxylic acids is 1. The molecule has 3 N–H and O–H groups in total. The molecule has 1 unspecified atom stereocenters. The summed E-state index contributed by atoms with van der Waals surface area (Å²) < 4.78 is 0. The lowest BCUT2D eigenvalue weighted by Crippen LogP contribution is -2.44. The third kappa shape index (κ3) is 3.78. The van der Waals surface area contributed by atoms with Crippen LogP contribution in [0.3, 0.4) is 0 Å². The number of nitrogens with one attached hydrogen (secondary N) is 1. The quantitative estimate of drug-likeness (QED) is 0.876. The first kappa shape index (κ1) is 15.4. The van der Waals surface area contributed by atoms with E-state index in [2.05, 4.69) is 5.32 Å². The normalized spacial score (nSPS) is 17.9. The summed E-state index contributed by atoms with van der Waals surface area (Å²) in [7, 11) is 0. The molecule has 6 heteroatoms. The highest BCUT2D eigenvalue weighted by atomic mass is 35.5. The molecule has 0 saturated carbocycles. The van der Waals surface area contributed by atoms with Crippen molar-refractivity contribution in [1.82, 2.24) is 4.90 Å². The predicted octanol–water partition coefficient (Wildman–Crippen LogP) is 3.58. The van der Waals surface area contributed by atoms with Crippen molar-refractivity contribution in [2.75, 3.05) is 18.4 Å². The molecule has 1 aliphatic heterocycles. The van der Waals surface area contributed by atoms with Crippen molar-refractivity contribution in [3.05, 3.63) is 28.2 Å². The molecule has 4 nitrogen and oxygen atoms in total. The predicted molar refractivity (Wildman–Crippen MR) is 83.4 cm³/mol. The van der Waals surface area contributed by atoms with E-state index in [0.29, 0.717) is 21.7 Å². The Morgan fingerprint density at radius 2 is 2.05 bits per heavy atom. The van der Waals surface area contributed by atoms with E-state index in [9.17, 15) is 4.79 Å². The maximum Gasteiger partial charge on any atom is 0.321 e. The third-order valence-electron chi connectivity index (χ3n) is 3.74. The average molecular weight is 316 g/mol. The number of nitrogens with zero attached hydrogens (tertiary/aromatic N) is 1. The lowest BCUT2D eigenvalue weighted by atomic mass is 9.91. The molecule has 0 aliphatic carbocycles. The molecular weight excluding hydrogens is 297 g/mol. The molecule has 1 heterocycles. The van der Waals surface area contributed by atoms with Crippen LogP contribution in [0, 0.1) is 5.92 Å². The second-order valence-corrected chi connectivity index (χ2v) is 6.08. The summed E-state index contributed by atoms with van der Waals surface area (Å²) in [6, 6.07) is 5.05. The fraction of sp³-hybridized carbons (Fsp3) is 0.500. The van der Waals surface area contributed by atoms with Crippen LogP contribution in [0.15, 0.2) is 18.2 Å². The Bertz CT molecular complexity index is 485. The molecule has 0 spiro atoms. The van der Waals surface area contributed by atoms with Crippen molar-refractivity contribution in [3.8, 4) is 0 Å². The fourth-order valence-corrected chi connectivity index (χ4v) is 2.75. The standard InChI is InChI=1S/C14H19Cl2N3O/c1-9(17)10-4-6-19(7-5-10)14(20)18-13-8-11(15)2-3-12(13)16/h2-3,8-10H,4-7,17H2,1H3,(H,18,20). The first-order valence-corrected chi connectivity index (χ1v) is 7.49. The van der Waals surface area contributed by atoms with E-state index in [0.717, 1.165) is 25.9 Å². The maximum absolute atomic E-state index is 12.2. The molecule has 1 aromatic carbocycles. The van der Waals surface area contributed by atoms with Crippen molar-refractivity contribution >= 4 is 34.9 Å². The molecule has 2 amide bonds. The summed E-state index contributed by atoms with van der Waals surface area (Å²) in [5.41, 5.74) is 6.44. The second-order valence-electron chi connectivity index (χ2n) is 5.24. The summed E-state index contributed by atoms with van der Waals surface area (Å²) in [6.45, 7) is 3.46. The monoisotopic (exact) mass is 315 g/mol. The van der Waals surface area contributed by atoms with Gasteiger partial charge in [0.2, 0.25) is 0 Å². The van der Waals surface area contributed by atoms with Crippen molar-refractivity contribution in [2.45, 2.75) is 25.8 Å². The molecule has 0 bridgehead atoms. The van der Waals surface area contributed by atoms with E-state index in [1.165, 1.54) is 0 Å². The first-order valence-electron chi connectivity index (χ1n) is 6.74. The van der Waals surface area contributed by atoms with Gasteiger partial charge < -0.3 is 16.0 Å². The number of piperidine rings is 1. The van der Waals surface area contributed by atoms with E-state index >= 15 is 0 Å². The van der Waals surface area contributed by atoms with Crippen LogP contribution in [0.5, 0.6) is 0 Å². The number of urea groups is 1. The van der Waals surface area contributed by atoms with Crippen LogP contribution in [0.25, 0.3) is 0 Å². The van der Waals surface area contributed by atoms with Crippen LogP contribution in [-0.4, -0.2) is 30.1 Å². The van der Waals surface area contributed by atoms with Gasteiger partial charge in [-0.25, -0.2) is 4.79 Å². The summed E-state index contributed by atoms with van der Waals surface area (Å²) in [4.78, 5) is 14.0. The van der Waals surface area contributed by atoms with Crippen molar-refractivity contribution in [1.29, 1.82) is 0 Å². The minimum absolute atomic E-state index is 0.141. The number of hydrogen-bond acceptors (Lipinski definition) is 2. The molecule has 110 valence electrons. The number of rotatable bonds is 2. The topological polar surface area (TPSA) is 58.4 Å². The van der Waals surface area contributed by atoms with E-state index in [1.807, 2.05) is 6.92 Å². The Morgan fingerprint density at radius 1 is 1.40 bits per heavy atom. The number of likely N-dealkylation sites (tertiary alicyclic amines) is 1. The molecule has 1 saturated heterocycles. The summed E-state index contributed by atoms with van der Waals surface area (Å²) in [6.07, 6.45) is 1.88. The van der Waals surface area contributed by atoms with E-state index in [1.54, 1.807) is 23.1 Å². The van der Waals surface area contributed by atoms with Gasteiger partial charge in [-0.3, -0.25) is 0 Å². The van der Waals surface area contributed by atoms with Gasteiger partial charge in [-0.15, -0.1) is 0 Å². The third-order valence-corrected chi connectivity index (χ3v) is 4.31. The second kappa shape index (κ2) is 6.66. The number of benzene rings is 1. The number of hydrogen-bond donors (Lipinski definition) is 2. The largest absolute Gasteiger partial charge is 0.328 e. The number of carbonyl (C=O) groups is 1. The Labute approximate surface area is 129 Å². The summed E-state index contributed by atoms with van der Waals surface area (Å²) in [5, 5.41) is 3.83. The number of halogens is 2. The first-order chi connectivity index (χ1) is 9.47. The Hall–Kier alpha value is -0.970. The van der Waals surface area contributed by atoms with Crippen LogP contribution in [0.4, 0.5) is 10.5 Å². The van der Waals surface area contributed by atoms with E-state index < -0.39 is 0 Å². The molecule has 2 rings (SSSR count). The Kier molecular flexibility index (Phi) is 5.13. The number of anilines is 1. The number of nitrogens with two attached hydrogens (primary N) is 1. The lowest BCUT2D eigenvalue weighted by molar-refractivity contribution is 0.176. The van der Waals surface area contributed by atoms with Crippen LogP contribution < -0.4 is 11.1 Å². The van der Waals surface area contributed by atoms with Gasteiger partial charge in [0.05, 0.1) is 10.7 Å². The van der Waals surface area contributed by atoms with Gasteiger partial charge in [-0.05, 0) is 43.9 Å². The fourth-order valence-electron chi connectivity index (χ4n) is 2.42. The SMILES string of the molecule is CC(N)C1CCN(C(=O)Nc2cc(Cl)ccc2Cl)CC1. The molecule has 1 atom stereocenters. The zero-order valence-corrected chi connectivity index (χ0v) is 12.9. The Balaban J connectivity index is 1.94. The molecular formula is C14H19Cl2N3O. The minimum Gasteiger partial charge on any atom is -0.328 e.